The molecule has 0 amide bonds. The van der Waals surface area contributed by atoms with Gasteiger partial charge in [-0.2, -0.15) is 0 Å². The van der Waals surface area contributed by atoms with Crippen molar-refractivity contribution in [1.29, 1.82) is 0 Å². The van der Waals surface area contributed by atoms with Crippen molar-refractivity contribution in [1.82, 2.24) is 4.57 Å². The first-order chi connectivity index (χ1) is 7.47. The minimum Gasteiger partial charge on any atom is -0.326 e. The number of halogens is 1. The smallest absolute Gasteiger partial charge is 0.243 e. The Morgan fingerprint density at radius 1 is 1.19 bits per heavy atom. The van der Waals surface area contributed by atoms with E-state index in [4.69, 9.17) is 0 Å². The van der Waals surface area contributed by atoms with Gasteiger partial charge in [-0.25, -0.2) is 4.39 Å². The first-order valence-corrected chi connectivity index (χ1v) is 5.25. The van der Waals surface area contributed by atoms with E-state index < -0.39 is 0 Å². The summed E-state index contributed by atoms with van der Waals surface area (Å²) in [6.07, 6.45) is 7.08. The molecule has 2 rings (SSSR count). The molecule has 3 heteroatoms. The predicted molar refractivity (Wildman–Crippen MR) is 59.8 cm³/mol. The molecule has 0 aliphatic carbocycles. The quantitative estimate of drug-likeness (QED) is 0.513. The van der Waals surface area contributed by atoms with E-state index in [-0.39, 0.29) is 11.4 Å². The monoisotopic (exact) mass is 218 g/mol. The highest BCUT2D eigenvalue weighted by atomic mass is 19.1. The molecule has 84 valence electrons. The van der Waals surface area contributed by atoms with Gasteiger partial charge in [0.05, 0.1) is 11.2 Å². The summed E-state index contributed by atoms with van der Waals surface area (Å²) in [5.41, 5.74) is 0.912. The summed E-state index contributed by atoms with van der Waals surface area (Å²) in [6, 6.07) is 6.37. The van der Waals surface area contributed by atoms with Crippen LogP contribution in [0.1, 0.15) is 20.8 Å². The minimum absolute atomic E-state index is 0.00524. The lowest BCUT2D eigenvalue weighted by Gasteiger charge is -2.16. The Morgan fingerprint density at radius 2 is 1.81 bits per heavy atom. The Bertz CT molecular complexity index is 477. The van der Waals surface area contributed by atoms with Crippen LogP contribution in [0, 0.1) is 12.1 Å². The second kappa shape index (κ2) is 3.74. The highest BCUT2D eigenvalue weighted by Gasteiger charge is 2.15. The fourth-order valence-corrected chi connectivity index (χ4v) is 1.44. The highest BCUT2D eigenvalue weighted by Crippen LogP contribution is 2.09. The van der Waals surface area contributed by atoms with Gasteiger partial charge in [-0.3, -0.25) is 0 Å². The van der Waals surface area contributed by atoms with Crippen LogP contribution in [0.3, 0.4) is 0 Å². The number of benzene rings is 1. The molecule has 0 bridgehead atoms. The van der Waals surface area contributed by atoms with Crippen LogP contribution in [-0.4, -0.2) is 4.57 Å². The van der Waals surface area contributed by atoms with E-state index in [0.29, 0.717) is 0 Å². The van der Waals surface area contributed by atoms with Crippen molar-refractivity contribution < 1.29 is 8.96 Å². The van der Waals surface area contributed by atoms with E-state index in [9.17, 15) is 4.39 Å². The summed E-state index contributed by atoms with van der Waals surface area (Å²) < 4.78 is 16.6. The van der Waals surface area contributed by atoms with Gasteiger partial charge in [-0.1, -0.05) is 12.1 Å². The second-order valence-corrected chi connectivity index (χ2v) is 4.79. The molecule has 1 heterocycles. The highest BCUT2D eigenvalue weighted by molar-refractivity contribution is 5.30. The van der Waals surface area contributed by atoms with Gasteiger partial charge in [0.25, 0.3) is 0 Å². The Labute approximate surface area is 95.0 Å². The first kappa shape index (κ1) is 10.9. The van der Waals surface area contributed by atoms with Crippen molar-refractivity contribution in [3.05, 3.63) is 48.8 Å². The lowest BCUT2D eigenvalue weighted by atomic mass is 10.1. The first-order valence-electron chi connectivity index (χ1n) is 5.25. The van der Waals surface area contributed by atoms with Gasteiger partial charge in [-0.05, 0) is 32.9 Å². The SMILES string of the molecule is CC(C)(C)[n+]1[c-]n(-c2ccc(F)cc2)cc1. The lowest BCUT2D eigenvalue weighted by Crippen LogP contribution is -2.48. The third kappa shape index (κ3) is 2.13. The summed E-state index contributed by atoms with van der Waals surface area (Å²) in [6.45, 7) is 6.33. The molecule has 0 saturated heterocycles. The number of hydrogen-bond donors (Lipinski definition) is 0. The van der Waals surface area contributed by atoms with E-state index in [2.05, 4.69) is 27.1 Å². The zero-order chi connectivity index (χ0) is 11.8. The molecule has 16 heavy (non-hydrogen) atoms. The number of nitrogens with zero attached hydrogens (tertiary/aromatic N) is 2. The van der Waals surface area contributed by atoms with Crippen molar-refractivity contribution in [3.8, 4) is 5.69 Å². The Kier molecular flexibility index (Phi) is 2.54. The van der Waals surface area contributed by atoms with Gasteiger partial charge in [0.1, 0.15) is 5.82 Å². The molecule has 2 nitrogen and oxygen atoms in total. The molecule has 0 aliphatic heterocycles. The van der Waals surface area contributed by atoms with E-state index in [1.165, 1.54) is 12.1 Å². The molecular weight excluding hydrogens is 203 g/mol. The summed E-state index contributed by atoms with van der Waals surface area (Å²) in [7, 11) is 0. The fourth-order valence-electron chi connectivity index (χ4n) is 1.44. The lowest BCUT2D eigenvalue weighted by molar-refractivity contribution is -0.757. The zero-order valence-corrected chi connectivity index (χ0v) is 9.74. The molecular formula is C13H15FN2. The van der Waals surface area contributed by atoms with Crippen molar-refractivity contribution in [2.75, 3.05) is 0 Å². The van der Waals surface area contributed by atoms with Crippen LogP contribution in [-0.2, 0) is 5.54 Å². The standard InChI is InChI=1S/C13H15FN2/c1-13(2,3)16-9-8-15(10-16)12-6-4-11(14)5-7-12/h4-9H,1-3H3. The molecule has 0 unspecified atom stereocenters. The van der Waals surface area contributed by atoms with E-state index in [0.717, 1.165) is 5.69 Å². The molecule has 1 aromatic carbocycles. The average molecular weight is 218 g/mol. The minimum atomic E-state index is -0.223. The second-order valence-electron chi connectivity index (χ2n) is 4.79. The van der Waals surface area contributed by atoms with Crippen molar-refractivity contribution in [3.63, 3.8) is 0 Å². The summed E-state index contributed by atoms with van der Waals surface area (Å²) in [5.74, 6) is -0.223. The number of aromatic nitrogens is 2. The maximum Gasteiger partial charge on any atom is 0.243 e. The van der Waals surface area contributed by atoms with E-state index in [1.54, 1.807) is 12.1 Å². The molecule has 0 spiro atoms. The molecule has 0 saturated carbocycles. The fraction of sp³-hybridized carbons (Fsp3) is 0.308. The molecule has 0 atom stereocenters. The average Bonchev–Trinajstić information content (AvgIpc) is 2.67. The van der Waals surface area contributed by atoms with Crippen LogP contribution >= 0.6 is 0 Å². The Hall–Kier alpha value is -1.64. The zero-order valence-electron chi connectivity index (χ0n) is 9.74. The molecule has 0 fully saturated rings. The van der Waals surface area contributed by atoms with Gasteiger partial charge in [0, 0.05) is 12.4 Å². The Balaban J connectivity index is 2.35. The summed E-state index contributed by atoms with van der Waals surface area (Å²) in [4.78, 5) is 0. The van der Waals surface area contributed by atoms with Gasteiger partial charge in [0.15, 0.2) is 0 Å². The maximum absolute atomic E-state index is 12.8. The van der Waals surface area contributed by atoms with Gasteiger partial charge in [-0.15, -0.1) is 0 Å². The van der Waals surface area contributed by atoms with Crippen LogP contribution in [0.25, 0.3) is 5.69 Å². The molecule has 1 aromatic heterocycles. The van der Waals surface area contributed by atoms with Crippen LogP contribution in [0.2, 0.25) is 0 Å². The normalized spacial score (nSPS) is 11.8. The summed E-state index contributed by atoms with van der Waals surface area (Å²) in [5, 5.41) is 0. The van der Waals surface area contributed by atoms with Gasteiger partial charge in [0.2, 0.25) is 6.33 Å². The maximum atomic E-state index is 12.8. The molecule has 0 radical (unpaired) electrons. The molecule has 0 aliphatic rings. The van der Waals surface area contributed by atoms with Crippen LogP contribution in [0.15, 0.2) is 36.7 Å². The third-order valence-electron chi connectivity index (χ3n) is 2.41. The van der Waals surface area contributed by atoms with E-state index >= 15 is 0 Å². The Morgan fingerprint density at radius 3 is 2.31 bits per heavy atom. The topological polar surface area (TPSA) is 8.81 Å². The van der Waals surface area contributed by atoms with Crippen molar-refractivity contribution in [2.45, 2.75) is 26.3 Å². The molecule has 0 N–H and O–H groups in total. The number of imidazole rings is 1. The number of hydrogen-bond acceptors (Lipinski definition) is 0. The van der Waals surface area contributed by atoms with Crippen LogP contribution in [0.5, 0.6) is 0 Å². The van der Waals surface area contributed by atoms with Gasteiger partial charge >= 0.3 is 0 Å². The largest absolute Gasteiger partial charge is 0.326 e. The predicted octanol–water partition coefficient (Wildman–Crippen LogP) is 2.46. The third-order valence-corrected chi connectivity index (χ3v) is 2.41. The van der Waals surface area contributed by atoms with E-state index in [1.807, 2.05) is 21.5 Å². The molecule has 2 aromatic rings. The van der Waals surface area contributed by atoms with Crippen LogP contribution < -0.4 is 4.57 Å². The number of rotatable bonds is 1. The summed E-state index contributed by atoms with van der Waals surface area (Å²) >= 11 is 0. The van der Waals surface area contributed by atoms with Crippen molar-refractivity contribution in [2.24, 2.45) is 0 Å². The van der Waals surface area contributed by atoms with Gasteiger partial charge < -0.3 is 9.13 Å². The van der Waals surface area contributed by atoms with Crippen molar-refractivity contribution >= 4 is 0 Å². The van der Waals surface area contributed by atoms with Crippen LogP contribution in [0.4, 0.5) is 4.39 Å².